The summed E-state index contributed by atoms with van der Waals surface area (Å²) in [4.78, 5) is 23.8. The first-order chi connectivity index (χ1) is 11.4. The molecule has 0 spiro atoms. The molecule has 2 rings (SSSR count). The van der Waals surface area contributed by atoms with Crippen LogP contribution < -0.4 is 10.6 Å². The SMILES string of the molecule is CNC(=O)c1ccc(NC(CC(C)C)c2cccs2)c([N+](=O)[O-])c1. The monoisotopic (exact) mass is 347 g/mol. The average molecular weight is 347 g/mol. The Hall–Kier alpha value is -2.41. The molecule has 0 fully saturated rings. The lowest BCUT2D eigenvalue weighted by Gasteiger charge is -2.21. The van der Waals surface area contributed by atoms with Crippen LogP contribution in [0.4, 0.5) is 11.4 Å². The summed E-state index contributed by atoms with van der Waals surface area (Å²) in [5.74, 6) is 0.0930. The van der Waals surface area contributed by atoms with Crippen LogP contribution >= 0.6 is 11.3 Å². The largest absolute Gasteiger partial charge is 0.372 e. The van der Waals surface area contributed by atoms with E-state index in [1.165, 1.54) is 13.1 Å². The molecule has 0 aliphatic heterocycles. The molecule has 0 radical (unpaired) electrons. The fraction of sp³-hybridized carbons (Fsp3) is 0.353. The predicted octanol–water partition coefficient (Wildman–Crippen LogP) is 4.22. The Balaban J connectivity index is 2.35. The first-order valence-electron chi connectivity index (χ1n) is 7.72. The molecule has 1 amide bonds. The molecule has 6 nitrogen and oxygen atoms in total. The number of benzene rings is 1. The molecule has 2 aromatic rings. The number of thiophene rings is 1. The number of amides is 1. The van der Waals surface area contributed by atoms with E-state index in [1.54, 1.807) is 23.5 Å². The zero-order chi connectivity index (χ0) is 17.7. The van der Waals surface area contributed by atoms with Gasteiger partial charge in [0.25, 0.3) is 11.6 Å². The minimum atomic E-state index is -0.463. The second-order valence-electron chi connectivity index (χ2n) is 5.91. The number of rotatable bonds is 7. The minimum absolute atomic E-state index is 0.00504. The molecule has 1 atom stereocenters. The Morgan fingerprint density at radius 3 is 2.62 bits per heavy atom. The van der Waals surface area contributed by atoms with Gasteiger partial charge >= 0.3 is 0 Å². The van der Waals surface area contributed by atoms with Gasteiger partial charge in [0.05, 0.1) is 11.0 Å². The molecule has 0 bridgehead atoms. The van der Waals surface area contributed by atoms with Gasteiger partial charge < -0.3 is 10.6 Å². The number of nitrogens with one attached hydrogen (secondary N) is 2. The summed E-state index contributed by atoms with van der Waals surface area (Å²) in [7, 11) is 1.50. The van der Waals surface area contributed by atoms with E-state index in [0.717, 1.165) is 11.3 Å². The van der Waals surface area contributed by atoms with Crippen molar-refractivity contribution in [3.05, 3.63) is 56.3 Å². The van der Waals surface area contributed by atoms with Crippen LogP contribution in [0, 0.1) is 16.0 Å². The van der Waals surface area contributed by atoms with Crippen molar-refractivity contribution in [3.63, 3.8) is 0 Å². The smallest absolute Gasteiger partial charge is 0.293 e. The molecule has 0 aliphatic carbocycles. The van der Waals surface area contributed by atoms with E-state index in [9.17, 15) is 14.9 Å². The second-order valence-corrected chi connectivity index (χ2v) is 6.89. The summed E-state index contributed by atoms with van der Waals surface area (Å²) in [5, 5.41) is 19.2. The predicted molar refractivity (Wildman–Crippen MR) is 96.6 cm³/mol. The highest BCUT2D eigenvalue weighted by atomic mass is 32.1. The standard InChI is InChI=1S/C17H21N3O3S/c1-11(2)9-14(16-5-4-8-24-16)19-13-7-6-12(17(21)18-3)10-15(13)20(22)23/h4-8,10-11,14,19H,9H2,1-3H3,(H,18,21). The molecule has 24 heavy (non-hydrogen) atoms. The van der Waals surface area contributed by atoms with Gasteiger partial charge in [0.1, 0.15) is 5.69 Å². The molecule has 2 N–H and O–H groups in total. The number of nitrogens with zero attached hydrogens (tertiary/aromatic N) is 1. The van der Waals surface area contributed by atoms with E-state index in [0.29, 0.717) is 11.6 Å². The van der Waals surface area contributed by atoms with Gasteiger partial charge in [-0.05, 0) is 35.9 Å². The van der Waals surface area contributed by atoms with Crippen LogP contribution in [0.5, 0.6) is 0 Å². The molecule has 1 unspecified atom stereocenters. The maximum atomic E-state index is 11.7. The lowest BCUT2D eigenvalue weighted by atomic mass is 10.0. The molecule has 1 aromatic heterocycles. The van der Waals surface area contributed by atoms with Crippen molar-refractivity contribution in [2.24, 2.45) is 5.92 Å². The topological polar surface area (TPSA) is 84.3 Å². The summed E-state index contributed by atoms with van der Waals surface area (Å²) in [6.45, 7) is 4.23. The normalized spacial score (nSPS) is 12.0. The van der Waals surface area contributed by atoms with Crippen LogP contribution in [0.1, 0.15) is 41.5 Å². The van der Waals surface area contributed by atoms with Gasteiger partial charge in [-0.1, -0.05) is 19.9 Å². The lowest BCUT2D eigenvalue weighted by Crippen LogP contribution is -2.18. The molecule has 0 saturated carbocycles. The fourth-order valence-corrected chi connectivity index (χ4v) is 3.28. The third-order valence-corrected chi connectivity index (χ3v) is 4.59. The van der Waals surface area contributed by atoms with Crippen molar-refractivity contribution < 1.29 is 9.72 Å². The maximum absolute atomic E-state index is 11.7. The lowest BCUT2D eigenvalue weighted by molar-refractivity contribution is -0.384. The van der Waals surface area contributed by atoms with Crippen LogP contribution in [0.25, 0.3) is 0 Å². The summed E-state index contributed by atoms with van der Waals surface area (Å²) in [5.41, 5.74) is 0.597. The van der Waals surface area contributed by atoms with Crippen molar-refractivity contribution in [2.45, 2.75) is 26.3 Å². The Kier molecular flexibility index (Phi) is 5.92. The maximum Gasteiger partial charge on any atom is 0.293 e. The third-order valence-electron chi connectivity index (χ3n) is 3.61. The summed E-state index contributed by atoms with van der Waals surface area (Å²) in [6, 6.07) is 8.49. The van der Waals surface area contributed by atoms with Crippen LogP contribution in [-0.2, 0) is 0 Å². The quantitative estimate of drug-likeness (QED) is 0.580. The summed E-state index contributed by atoms with van der Waals surface area (Å²) < 4.78 is 0. The van der Waals surface area contributed by atoms with Crippen molar-refractivity contribution in [3.8, 4) is 0 Å². The Bertz CT molecular complexity index is 714. The van der Waals surface area contributed by atoms with Crippen LogP contribution in [0.3, 0.4) is 0 Å². The van der Waals surface area contributed by atoms with Gasteiger partial charge in [0.2, 0.25) is 0 Å². The molecule has 128 valence electrons. The van der Waals surface area contributed by atoms with Crippen LogP contribution in [0.2, 0.25) is 0 Å². The molecule has 1 aromatic carbocycles. The third kappa shape index (κ3) is 4.32. The van der Waals surface area contributed by atoms with E-state index in [4.69, 9.17) is 0 Å². The molecule has 0 aliphatic rings. The molecule has 7 heteroatoms. The first kappa shape index (κ1) is 17.9. The second kappa shape index (κ2) is 7.92. The van der Waals surface area contributed by atoms with Gasteiger partial charge in [-0.15, -0.1) is 11.3 Å². The fourth-order valence-electron chi connectivity index (χ4n) is 2.49. The highest BCUT2D eigenvalue weighted by molar-refractivity contribution is 7.10. The van der Waals surface area contributed by atoms with E-state index < -0.39 is 4.92 Å². The number of hydrogen-bond acceptors (Lipinski definition) is 5. The van der Waals surface area contributed by atoms with Crippen molar-refractivity contribution in [2.75, 3.05) is 12.4 Å². The van der Waals surface area contributed by atoms with Crippen molar-refractivity contribution in [1.82, 2.24) is 5.32 Å². The van der Waals surface area contributed by atoms with Crippen molar-refractivity contribution >= 4 is 28.6 Å². The highest BCUT2D eigenvalue weighted by Gasteiger charge is 2.21. The minimum Gasteiger partial charge on any atom is -0.372 e. The van der Waals surface area contributed by atoms with Gasteiger partial charge in [0.15, 0.2) is 0 Å². The van der Waals surface area contributed by atoms with E-state index in [1.807, 2.05) is 17.5 Å². The number of nitro groups is 1. The van der Waals surface area contributed by atoms with E-state index in [2.05, 4.69) is 24.5 Å². The number of carbonyl (C=O) groups is 1. The summed E-state index contributed by atoms with van der Waals surface area (Å²) >= 11 is 1.62. The van der Waals surface area contributed by atoms with Gasteiger partial charge in [-0.2, -0.15) is 0 Å². The Labute approximate surface area is 145 Å². The zero-order valence-corrected chi connectivity index (χ0v) is 14.7. The molecular weight excluding hydrogens is 326 g/mol. The van der Waals surface area contributed by atoms with Gasteiger partial charge in [0, 0.05) is 23.6 Å². The average Bonchev–Trinajstić information content (AvgIpc) is 3.07. The number of carbonyl (C=O) groups excluding carboxylic acids is 1. The van der Waals surface area contributed by atoms with Gasteiger partial charge in [-0.25, -0.2) is 0 Å². The zero-order valence-electron chi connectivity index (χ0n) is 13.9. The first-order valence-corrected chi connectivity index (χ1v) is 8.60. The van der Waals surface area contributed by atoms with Gasteiger partial charge in [-0.3, -0.25) is 14.9 Å². The molecule has 0 saturated heterocycles. The molecule has 1 heterocycles. The summed E-state index contributed by atoms with van der Waals surface area (Å²) in [6.07, 6.45) is 0.856. The number of nitro benzene ring substituents is 1. The Morgan fingerprint density at radius 2 is 2.08 bits per heavy atom. The number of hydrogen-bond donors (Lipinski definition) is 2. The van der Waals surface area contributed by atoms with Crippen molar-refractivity contribution in [1.29, 1.82) is 0 Å². The Morgan fingerprint density at radius 1 is 1.33 bits per heavy atom. The highest BCUT2D eigenvalue weighted by Crippen LogP contribution is 2.33. The molecular formula is C17H21N3O3S. The van der Waals surface area contributed by atoms with Crippen LogP contribution in [-0.4, -0.2) is 17.9 Å². The van der Waals surface area contributed by atoms with Crippen LogP contribution in [0.15, 0.2) is 35.7 Å². The number of anilines is 1. The van der Waals surface area contributed by atoms with E-state index >= 15 is 0 Å². The van der Waals surface area contributed by atoms with E-state index in [-0.39, 0.29) is 23.2 Å².